The normalized spacial score (nSPS) is 22.1. The molecule has 1 saturated carbocycles. The summed E-state index contributed by atoms with van der Waals surface area (Å²) in [4.78, 5) is 31.0. The second-order valence-electron chi connectivity index (χ2n) is 12.5. The SMILES string of the molecule is CC[C@H](NC(=O)c1c(CN2CCC3(CC2)OC2CCCCC2O3)n(-c2ccccc2)c(=O)c2ccccc12)c1ccccc1. The highest BCUT2D eigenvalue weighted by molar-refractivity contribution is 6.08. The molecule has 7 rings (SSSR count). The van der Waals surface area contributed by atoms with Crippen LogP contribution in [-0.4, -0.2) is 46.5 Å². The lowest BCUT2D eigenvalue weighted by atomic mass is 9.95. The molecule has 1 spiro atoms. The molecule has 3 atom stereocenters. The highest BCUT2D eigenvalue weighted by Gasteiger charge is 2.49. The van der Waals surface area contributed by atoms with Crippen molar-refractivity contribution in [2.75, 3.05) is 13.1 Å². The van der Waals surface area contributed by atoms with Crippen LogP contribution in [0.15, 0.2) is 89.7 Å². The maximum Gasteiger partial charge on any atom is 0.263 e. The van der Waals surface area contributed by atoms with Crippen LogP contribution in [0.5, 0.6) is 0 Å². The Morgan fingerprint density at radius 3 is 2.09 bits per heavy atom. The second kappa shape index (κ2) is 12.3. The van der Waals surface area contributed by atoms with E-state index >= 15 is 0 Å². The molecule has 44 heavy (non-hydrogen) atoms. The molecule has 2 unspecified atom stereocenters. The number of carbonyl (C=O) groups is 1. The van der Waals surface area contributed by atoms with Crippen molar-refractivity contribution in [3.05, 3.63) is 112 Å². The number of aromatic nitrogens is 1. The summed E-state index contributed by atoms with van der Waals surface area (Å²) in [6, 6.07) is 27.1. The summed E-state index contributed by atoms with van der Waals surface area (Å²) in [6.45, 7) is 4.06. The minimum Gasteiger partial charge on any atom is -0.345 e. The zero-order valence-electron chi connectivity index (χ0n) is 25.4. The Morgan fingerprint density at radius 2 is 1.45 bits per heavy atom. The summed E-state index contributed by atoms with van der Waals surface area (Å²) in [5.74, 6) is -0.681. The number of pyridine rings is 1. The van der Waals surface area contributed by atoms with Crippen LogP contribution in [0.2, 0.25) is 0 Å². The van der Waals surface area contributed by atoms with Crippen LogP contribution in [-0.2, 0) is 16.0 Å². The van der Waals surface area contributed by atoms with E-state index in [1.807, 2.05) is 84.9 Å². The summed E-state index contributed by atoms with van der Waals surface area (Å²) >= 11 is 0. The molecular formula is C37H41N3O4. The van der Waals surface area contributed by atoms with E-state index in [-0.39, 0.29) is 29.7 Å². The van der Waals surface area contributed by atoms with Crippen molar-refractivity contribution in [3.8, 4) is 5.69 Å². The number of benzene rings is 3. The van der Waals surface area contributed by atoms with Crippen molar-refractivity contribution in [1.29, 1.82) is 0 Å². The Labute approximate surface area is 258 Å². The van der Waals surface area contributed by atoms with Crippen LogP contribution in [0.25, 0.3) is 16.5 Å². The molecule has 0 radical (unpaired) electrons. The van der Waals surface area contributed by atoms with Gasteiger partial charge in [0.05, 0.1) is 29.5 Å². The number of hydrogen-bond acceptors (Lipinski definition) is 5. The molecule has 1 aromatic heterocycles. The number of amides is 1. The highest BCUT2D eigenvalue weighted by Crippen LogP contribution is 2.42. The van der Waals surface area contributed by atoms with Gasteiger partial charge in [0.2, 0.25) is 0 Å². The topological polar surface area (TPSA) is 72.8 Å². The van der Waals surface area contributed by atoms with Crippen LogP contribution < -0.4 is 10.9 Å². The van der Waals surface area contributed by atoms with Gasteiger partial charge < -0.3 is 14.8 Å². The second-order valence-corrected chi connectivity index (χ2v) is 12.5. The number of para-hydroxylation sites is 1. The predicted molar refractivity (Wildman–Crippen MR) is 172 cm³/mol. The first-order chi connectivity index (χ1) is 21.5. The van der Waals surface area contributed by atoms with E-state index in [2.05, 4.69) is 17.1 Å². The molecule has 7 nitrogen and oxygen atoms in total. The summed E-state index contributed by atoms with van der Waals surface area (Å²) < 4.78 is 14.9. The van der Waals surface area contributed by atoms with Crippen LogP contribution in [0.4, 0.5) is 0 Å². The van der Waals surface area contributed by atoms with Crippen molar-refractivity contribution in [3.63, 3.8) is 0 Å². The largest absolute Gasteiger partial charge is 0.345 e. The fraction of sp³-hybridized carbons (Fsp3) is 0.405. The minimum atomic E-state index is -0.511. The highest BCUT2D eigenvalue weighted by atomic mass is 16.8. The van der Waals surface area contributed by atoms with Gasteiger partial charge in [0.15, 0.2) is 5.79 Å². The van der Waals surface area contributed by atoms with Crippen LogP contribution in [0.3, 0.4) is 0 Å². The maximum atomic E-state index is 14.4. The molecule has 2 saturated heterocycles. The van der Waals surface area contributed by atoms with Gasteiger partial charge in [-0.05, 0) is 43.0 Å². The summed E-state index contributed by atoms with van der Waals surface area (Å²) in [7, 11) is 0. The zero-order valence-corrected chi connectivity index (χ0v) is 25.4. The number of piperidine rings is 1. The zero-order chi connectivity index (χ0) is 30.1. The third-order valence-electron chi connectivity index (χ3n) is 9.71. The van der Waals surface area contributed by atoms with Crippen molar-refractivity contribution in [2.45, 2.75) is 82.5 Å². The number of rotatable bonds is 7. The van der Waals surface area contributed by atoms with E-state index in [0.717, 1.165) is 56.4 Å². The number of likely N-dealkylation sites (tertiary alicyclic amines) is 1. The molecule has 1 aliphatic carbocycles. The van der Waals surface area contributed by atoms with Crippen molar-refractivity contribution >= 4 is 16.7 Å². The first-order valence-corrected chi connectivity index (χ1v) is 16.2. The van der Waals surface area contributed by atoms with Gasteiger partial charge in [-0.1, -0.05) is 86.5 Å². The Morgan fingerprint density at radius 1 is 0.864 bits per heavy atom. The summed E-state index contributed by atoms with van der Waals surface area (Å²) in [5, 5.41) is 4.54. The van der Waals surface area contributed by atoms with E-state index in [1.165, 1.54) is 12.8 Å². The Balaban J connectivity index is 1.27. The molecular weight excluding hydrogens is 550 g/mol. The first-order valence-electron chi connectivity index (χ1n) is 16.2. The Hall–Kier alpha value is -3.78. The third kappa shape index (κ3) is 5.49. The number of nitrogens with one attached hydrogen (secondary N) is 1. The fourth-order valence-electron chi connectivity index (χ4n) is 7.40. The van der Waals surface area contributed by atoms with E-state index in [0.29, 0.717) is 28.6 Å². The molecule has 4 aromatic rings. The van der Waals surface area contributed by atoms with Crippen molar-refractivity contribution in [1.82, 2.24) is 14.8 Å². The molecule has 1 N–H and O–H groups in total. The van der Waals surface area contributed by atoms with Gasteiger partial charge in [0.25, 0.3) is 11.5 Å². The Kier molecular flexibility index (Phi) is 8.10. The standard InChI is InChI=1S/C37H41N3O4/c1-2-30(26-13-5-3-6-14-26)38-35(41)34-28-17-9-10-18-29(28)36(42)40(27-15-7-4-8-16-27)31(34)25-39-23-21-37(22-24-39)43-32-19-11-12-20-33(32)44-37/h3-10,13-18,30,32-33H,2,11-12,19-25H2,1H3,(H,38,41)/t30-,32?,33?/m0/s1. The average molecular weight is 592 g/mol. The van der Waals surface area contributed by atoms with Gasteiger partial charge in [0.1, 0.15) is 0 Å². The van der Waals surface area contributed by atoms with Crippen molar-refractivity contribution in [2.24, 2.45) is 0 Å². The molecule has 7 heteroatoms. The van der Waals surface area contributed by atoms with Crippen molar-refractivity contribution < 1.29 is 14.3 Å². The quantitative estimate of drug-likeness (QED) is 0.265. The van der Waals surface area contributed by atoms with E-state index in [4.69, 9.17) is 9.47 Å². The molecule has 1 amide bonds. The average Bonchev–Trinajstić information content (AvgIpc) is 3.43. The van der Waals surface area contributed by atoms with Gasteiger partial charge in [0, 0.05) is 48.9 Å². The lowest BCUT2D eigenvalue weighted by molar-refractivity contribution is -0.201. The van der Waals surface area contributed by atoms with E-state index in [1.54, 1.807) is 4.57 Å². The van der Waals surface area contributed by atoms with Gasteiger partial charge in [-0.2, -0.15) is 0 Å². The lowest BCUT2D eigenvalue weighted by Crippen LogP contribution is -2.46. The van der Waals surface area contributed by atoms with Gasteiger partial charge in [-0.3, -0.25) is 19.1 Å². The van der Waals surface area contributed by atoms with Gasteiger partial charge in [-0.15, -0.1) is 0 Å². The Bertz CT molecular complexity index is 1660. The number of carbonyl (C=O) groups excluding carboxylic acids is 1. The van der Waals surface area contributed by atoms with E-state index in [9.17, 15) is 9.59 Å². The lowest BCUT2D eigenvalue weighted by Gasteiger charge is -2.38. The first kappa shape index (κ1) is 29.0. The number of fused-ring (bicyclic) bond motifs is 2. The van der Waals surface area contributed by atoms with Crippen LogP contribution in [0.1, 0.15) is 79.5 Å². The molecule has 0 bridgehead atoms. The molecule has 228 valence electrons. The molecule has 3 heterocycles. The monoisotopic (exact) mass is 591 g/mol. The molecule has 3 fully saturated rings. The summed E-state index contributed by atoms with van der Waals surface area (Å²) in [5.41, 5.74) is 2.95. The predicted octanol–water partition coefficient (Wildman–Crippen LogP) is 6.52. The fourth-order valence-corrected chi connectivity index (χ4v) is 7.40. The molecule has 2 aliphatic heterocycles. The number of nitrogens with zero attached hydrogens (tertiary/aromatic N) is 2. The third-order valence-corrected chi connectivity index (χ3v) is 9.71. The molecule has 3 aromatic carbocycles. The van der Waals surface area contributed by atoms with Crippen LogP contribution >= 0.6 is 0 Å². The van der Waals surface area contributed by atoms with Gasteiger partial charge in [-0.25, -0.2) is 0 Å². The molecule has 3 aliphatic rings. The van der Waals surface area contributed by atoms with Gasteiger partial charge >= 0.3 is 0 Å². The smallest absolute Gasteiger partial charge is 0.263 e. The summed E-state index contributed by atoms with van der Waals surface area (Å²) in [6.07, 6.45) is 7.30. The number of ether oxygens (including phenoxy) is 2. The number of hydrogen-bond donors (Lipinski definition) is 1. The maximum absolute atomic E-state index is 14.4. The van der Waals surface area contributed by atoms with E-state index < -0.39 is 5.79 Å². The minimum absolute atomic E-state index is 0.117. The van der Waals surface area contributed by atoms with Crippen LogP contribution in [0, 0.1) is 0 Å².